The predicted molar refractivity (Wildman–Crippen MR) is 94.0 cm³/mol. The minimum absolute atomic E-state index is 0.115. The lowest BCUT2D eigenvalue weighted by Gasteiger charge is -2.06. The van der Waals surface area contributed by atoms with Crippen LogP contribution < -0.4 is 11.0 Å². The zero-order valence-electron chi connectivity index (χ0n) is 13.4. The second-order valence-corrected chi connectivity index (χ2v) is 6.34. The van der Waals surface area contributed by atoms with Crippen LogP contribution in [0.3, 0.4) is 0 Å². The van der Waals surface area contributed by atoms with Gasteiger partial charge in [-0.3, -0.25) is 4.79 Å². The molecule has 6 heteroatoms. The largest absolute Gasteiger partial charge is 0.346 e. The van der Waals surface area contributed by atoms with Gasteiger partial charge < -0.3 is 10.3 Å². The maximum absolute atomic E-state index is 12.0. The average Bonchev–Trinajstić information content (AvgIpc) is 2.51. The molecule has 0 aliphatic rings. The Balaban J connectivity index is 1.85. The third-order valence-electron chi connectivity index (χ3n) is 3.26. The number of hydrogen-bond acceptors (Lipinski definition) is 4. The van der Waals surface area contributed by atoms with Crippen LogP contribution in [0.15, 0.2) is 40.2 Å². The number of aromatic nitrogens is 2. The van der Waals surface area contributed by atoms with Crippen LogP contribution in [-0.4, -0.2) is 21.6 Å². The van der Waals surface area contributed by atoms with Crippen molar-refractivity contribution in [1.82, 2.24) is 9.97 Å². The number of carbonyl (C=O) groups is 1. The number of H-pyrrole nitrogens is 1. The molecule has 2 rings (SSSR count). The highest BCUT2D eigenvalue weighted by molar-refractivity contribution is 7.99. The summed E-state index contributed by atoms with van der Waals surface area (Å²) < 4.78 is 0. The van der Waals surface area contributed by atoms with Crippen molar-refractivity contribution < 1.29 is 4.79 Å². The van der Waals surface area contributed by atoms with Gasteiger partial charge in [0.2, 0.25) is 5.91 Å². The van der Waals surface area contributed by atoms with E-state index in [1.165, 1.54) is 30.2 Å². The molecule has 23 heavy (non-hydrogen) atoms. The van der Waals surface area contributed by atoms with E-state index >= 15 is 0 Å². The first-order valence-electron chi connectivity index (χ1n) is 7.66. The van der Waals surface area contributed by atoms with E-state index in [1.54, 1.807) is 13.0 Å². The Morgan fingerprint density at radius 1 is 1.30 bits per heavy atom. The van der Waals surface area contributed by atoms with Gasteiger partial charge in [-0.1, -0.05) is 37.2 Å². The first-order valence-corrected chi connectivity index (χ1v) is 8.65. The lowest BCUT2D eigenvalue weighted by Crippen LogP contribution is -2.16. The van der Waals surface area contributed by atoms with Gasteiger partial charge in [-0.05, 0) is 43.5 Å². The van der Waals surface area contributed by atoms with Gasteiger partial charge in [-0.25, -0.2) is 4.79 Å². The summed E-state index contributed by atoms with van der Waals surface area (Å²) in [4.78, 5) is 29.6. The SMILES string of the molecule is CCCCc1ccc(NC(=O)CSc2cc(C)[nH]c(=O)n2)cc1. The van der Waals surface area contributed by atoms with Crippen LogP contribution in [0, 0.1) is 6.92 Å². The molecule has 0 saturated heterocycles. The molecule has 0 unspecified atom stereocenters. The lowest BCUT2D eigenvalue weighted by atomic mass is 10.1. The number of unbranched alkanes of at least 4 members (excludes halogenated alkanes) is 1. The highest BCUT2D eigenvalue weighted by Gasteiger charge is 2.06. The summed E-state index contributed by atoms with van der Waals surface area (Å²) in [5.74, 6) is 0.101. The molecule has 2 aromatic rings. The van der Waals surface area contributed by atoms with E-state index in [9.17, 15) is 9.59 Å². The van der Waals surface area contributed by atoms with E-state index in [0.717, 1.165) is 17.8 Å². The second-order valence-electron chi connectivity index (χ2n) is 5.34. The topological polar surface area (TPSA) is 74.8 Å². The van der Waals surface area contributed by atoms with Crippen LogP contribution in [0.5, 0.6) is 0 Å². The molecule has 1 amide bonds. The number of aryl methyl sites for hydroxylation is 2. The van der Waals surface area contributed by atoms with Crippen LogP contribution in [0.2, 0.25) is 0 Å². The molecule has 0 aliphatic carbocycles. The molecule has 2 N–H and O–H groups in total. The van der Waals surface area contributed by atoms with E-state index in [1.807, 2.05) is 24.3 Å². The van der Waals surface area contributed by atoms with Gasteiger partial charge in [0, 0.05) is 11.4 Å². The summed E-state index contributed by atoms with van der Waals surface area (Å²) in [7, 11) is 0. The summed E-state index contributed by atoms with van der Waals surface area (Å²) in [6.07, 6.45) is 3.41. The number of nitrogens with zero attached hydrogens (tertiary/aromatic N) is 1. The van der Waals surface area contributed by atoms with Crippen molar-refractivity contribution in [2.24, 2.45) is 0 Å². The fraction of sp³-hybridized carbons (Fsp3) is 0.353. The number of rotatable bonds is 7. The normalized spacial score (nSPS) is 10.5. The maximum Gasteiger partial charge on any atom is 0.346 e. The first-order chi connectivity index (χ1) is 11.1. The van der Waals surface area contributed by atoms with Gasteiger partial charge in [0.15, 0.2) is 0 Å². The smallest absolute Gasteiger partial charge is 0.325 e. The Kier molecular flexibility index (Phi) is 6.40. The van der Waals surface area contributed by atoms with Gasteiger partial charge in [-0.15, -0.1) is 0 Å². The lowest BCUT2D eigenvalue weighted by molar-refractivity contribution is -0.113. The fourth-order valence-electron chi connectivity index (χ4n) is 2.10. The molecule has 0 atom stereocenters. The summed E-state index contributed by atoms with van der Waals surface area (Å²) in [6, 6.07) is 9.67. The van der Waals surface area contributed by atoms with Crippen LogP contribution in [0.25, 0.3) is 0 Å². The molecule has 0 spiro atoms. The third kappa shape index (κ3) is 5.90. The average molecular weight is 331 g/mol. The molecular formula is C17H21N3O2S. The van der Waals surface area contributed by atoms with Crippen molar-refractivity contribution in [1.29, 1.82) is 0 Å². The number of thioether (sulfide) groups is 1. The van der Waals surface area contributed by atoms with E-state index < -0.39 is 5.69 Å². The Morgan fingerprint density at radius 2 is 2.04 bits per heavy atom. The van der Waals surface area contributed by atoms with Gasteiger partial charge in [0.1, 0.15) is 5.03 Å². The van der Waals surface area contributed by atoms with Crippen LogP contribution >= 0.6 is 11.8 Å². The van der Waals surface area contributed by atoms with Crippen molar-refractivity contribution in [3.63, 3.8) is 0 Å². The number of hydrogen-bond donors (Lipinski definition) is 2. The molecule has 0 bridgehead atoms. The van der Waals surface area contributed by atoms with Gasteiger partial charge in [0.05, 0.1) is 5.75 Å². The van der Waals surface area contributed by atoms with Crippen molar-refractivity contribution in [2.75, 3.05) is 11.1 Å². The Bertz CT molecular complexity index is 711. The van der Waals surface area contributed by atoms with Crippen molar-refractivity contribution >= 4 is 23.4 Å². The van der Waals surface area contributed by atoms with Crippen LogP contribution in [0.4, 0.5) is 5.69 Å². The summed E-state index contributed by atoms with van der Waals surface area (Å²) in [6.45, 7) is 3.95. The van der Waals surface area contributed by atoms with E-state index in [-0.39, 0.29) is 11.7 Å². The van der Waals surface area contributed by atoms with E-state index in [4.69, 9.17) is 0 Å². The third-order valence-corrected chi connectivity index (χ3v) is 4.18. The quantitative estimate of drug-likeness (QED) is 0.604. The molecule has 1 heterocycles. The van der Waals surface area contributed by atoms with Gasteiger partial charge >= 0.3 is 5.69 Å². The number of nitrogens with one attached hydrogen (secondary N) is 2. The van der Waals surface area contributed by atoms with Crippen molar-refractivity contribution in [2.45, 2.75) is 38.1 Å². The Hall–Kier alpha value is -2.08. The molecule has 5 nitrogen and oxygen atoms in total. The molecule has 1 aromatic heterocycles. The molecule has 0 saturated carbocycles. The summed E-state index contributed by atoms with van der Waals surface area (Å²) in [5.41, 5.74) is 2.40. The minimum Gasteiger partial charge on any atom is -0.325 e. The fourth-order valence-corrected chi connectivity index (χ4v) is 2.86. The Labute approximate surface area is 139 Å². The molecule has 1 aromatic carbocycles. The summed E-state index contributed by atoms with van der Waals surface area (Å²) in [5, 5.41) is 3.40. The zero-order chi connectivity index (χ0) is 16.7. The number of anilines is 1. The highest BCUT2D eigenvalue weighted by atomic mass is 32.2. The predicted octanol–water partition coefficient (Wildman–Crippen LogP) is 3.15. The van der Waals surface area contributed by atoms with E-state index in [0.29, 0.717) is 5.03 Å². The maximum atomic E-state index is 12.0. The number of aromatic amines is 1. The number of benzene rings is 1. The number of amides is 1. The molecular weight excluding hydrogens is 310 g/mol. The monoisotopic (exact) mass is 331 g/mol. The van der Waals surface area contributed by atoms with E-state index in [2.05, 4.69) is 22.2 Å². The van der Waals surface area contributed by atoms with Crippen molar-refractivity contribution in [3.05, 3.63) is 52.1 Å². The molecule has 0 fully saturated rings. The minimum atomic E-state index is -0.393. The number of carbonyl (C=O) groups excluding carboxylic acids is 1. The van der Waals surface area contributed by atoms with Crippen molar-refractivity contribution in [3.8, 4) is 0 Å². The van der Waals surface area contributed by atoms with Crippen LogP contribution in [-0.2, 0) is 11.2 Å². The summed E-state index contributed by atoms with van der Waals surface area (Å²) >= 11 is 1.25. The zero-order valence-corrected chi connectivity index (χ0v) is 14.2. The van der Waals surface area contributed by atoms with Gasteiger partial charge in [0.25, 0.3) is 0 Å². The molecule has 122 valence electrons. The second kappa shape index (κ2) is 8.53. The van der Waals surface area contributed by atoms with Gasteiger partial charge in [-0.2, -0.15) is 4.98 Å². The molecule has 0 aliphatic heterocycles. The standard InChI is InChI=1S/C17H21N3O2S/c1-3-4-5-13-6-8-14(9-7-13)19-15(21)11-23-16-10-12(2)18-17(22)20-16/h6-10H,3-5,11H2,1-2H3,(H,19,21)(H,18,20,22). The first kappa shape index (κ1) is 17.3. The Morgan fingerprint density at radius 3 is 2.70 bits per heavy atom. The van der Waals surface area contributed by atoms with Crippen LogP contribution in [0.1, 0.15) is 31.0 Å². The highest BCUT2D eigenvalue weighted by Crippen LogP contribution is 2.16. The molecule has 0 radical (unpaired) electrons.